The first-order valence-electron chi connectivity index (χ1n) is 22.5. The van der Waals surface area contributed by atoms with Gasteiger partial charge in [-0.05, 0) is 62.3 Å². The number of phenols is 1. The molecule has 0 saturated heterocycles. The number of aliphatic carboxylic acids is 6. The fourth-order valence-corrected chi connectivity index (χ4v) is 6.04. The first-order valence-corrected chi connectivity index (χ1v) is 22.5. The third kappa shape index (κ3) is 32.6. The van der Waals surface area contributed by atoms with Crippen molar-refractivity contribution in [2.24, 2.45) is 0 Å². The molecule has 4 amide bonds. The molecule has 1 unspecified atom stereocenters. The first-order chi connectivity index (χ1) is 32.7. The van der Waals surface area contributed by atoms with E-state index in [0.29, 0.717) is 36.3 Å². The number of nitrogens with one attached hydrogen (secondary N) is 4. The molecule has 1 atom stereocenters. The number of carbonyl (C=O) groups is 9. The Kier molecular flexibility index (Phi) is 35.1. The van der Waals surface area contributed by atoms with E-state index in [9.17, 15) is 63.6 Å². The molecule has 70 heavy (non-hydrogen) atoms. The zero-order valence-electron chi connectivity index (χ0n) is 39.4. The highest BCUT2D eigenvalue weighted by Crippen LogP contribution is 2.22. The maximum Gasteiger partial charge on any atom is 0.326 e. The van der Waals surface area contributed by atoms with E-state index in [1.807, 2.05) is 24.5 Å². The highest BCUT2D eigenvalue weighted by molar-refractivity contribution is 5.85. The smallest absolute Gasteiger partial charge is 0.326 e. The van der Waals surface area contributed by atoms with E-state index in [1.54, 1.807) is 18.2 Å². The predicted octanol–water partition coefficient (Wildman–Crippen LogP) is 2.86. The summed E-state index contributed by atoms with van der Waals surface area (Å²) >= 11 is 0. The van der Waals surface area contributed by atoms with Crippen LogP contribution in [-0.4, -0.2) is 161 Å². The number of nitrogens with zero attached hydrogens (tertiary/aromatic N) is 3. The number of aryl methyl sites for hydroxylation is 2. The summed E-state index contributed by atoms with van der Waals surface area (Å²) in [6.45, 7) is 5.88. The fourth-order valence-electron chi connectivity index (χ4n) is 6.04. The van der Waals surface area contributed by atoms with Crippen molar-refractivity contribution in [2.75, 3.05) is 45.8 Å². The number of hydrogen-bond donors (Lipinski definition) is 12. The minimum absolute atomic E-state index is 0. The second-order valence-corrected chi connectivity index (χ2v) is 15.2. The molecule has 2 rings (SSSR count). The standard InChI is InChI=1S/C35H51N5O10.C8H12N2O7.C2H6.CH4/c1-2-3-16-36-31(43)7-5-4-6-17-37-32(44)14-11-27-10-13-30(42)28(38-27)22-40(24-35(49)50)19-18-39(23-34(47)48)21-26-20-25(8-12-29(26)41)9-15-33(45)46;11-5(12)2-1-4(7(15)16)10-8(17)9-3-6(13)14;1-2;/h8,10,12-13,20,41-42H,2-7,9,11,14-19,21-24H2,1H3,(H,36,43)(H,37,44)(H,45,46)(H,47,48)(H,49,50);4H,1-3H2,(H,11,12)(H,13,14)(H,15,16)(H2,9,10,17);1-2H3;1H4. The Morgan fingerprint density at radius 2 is 1.19 bits per heavy atom. The SMILES string of the molecule is C.CC.CCCCNC(=O)CCCCCNC(=O)CCc1ccc(O)c(CN(CCN(CC(=O)O)Cc2cc(CCC(=O)O)ccc2O)CC(=O)O)n1.O=C(O)CCC(NC(=O)NCC(=O)O)C(=O)O. The number of amides is 4. The summed E-state index contributed by atoms with van der Waals surface area (Å²) in [5.41, 5.74) is 1.80. The molecule has 1 heterocycles. The van der Waals surface area contributed by atoms with Crippen LogP contribution in [0.15, 0.2) is 30.3 Å². The predicted molar refractivity (Wildman–Crippen MR) is 254 cm³/mol. The topological polar surface area (TPSA) is 383 Å². The lowest BCUT2D eigenvalue weighted by Crippen LogP contribution is -2.47. The van der Waals surface area contributed by atoms with Gasteiger partial charge < -0.3 is 62.1 Å². The molecule has 394 valence electrons. The lowest BCUT2D eigenvalue weighted by atomic mass is 10.0. The van der Waals surface area contributed by atoms with Crippen molar-refractivity contribution in [2.45, 2.75) is 124 Å². The van der Waals surface area contributed by atoms with Gasteiger partial charge in [0.1, 0.15) is 24.1 Å². The molecule has 24 heteroatoms. The molecule has 1 aromatic heterocycles. The molecule has 0 aliphatic heterocycles. The second-order valence-electron chi connectivity index (χ2n) is 15.2. The van der Waals surface area contributed by atoms with Crippen molar-refractivity contribution >= 4 is 53.7 Å². The van der Waals surface area contributed by atoms with E-state index in [4.69, 9.17) is 20.4 Å². The summed E-state index contributed by atoms with van der Waals surface area (Å²) in [5, 5.41) is 83.8. The number of unbranched alkanes of at least 4 members (excludes halogenated alkanes) is 3. The van der Waals surface area contributed by atoms with Crippen LogP contribution in [0.2, 0.25) is 0 Å². The molecule has 0 aliphatic rings. The van der Waals surface area contributed by atoms with Crippen LogP contribution in [0.4, 0.5) is 4.79 Å². The van der Waals surface area contributed by atoms with E-state index >= 15 is 0 Å². The van der Waals surface area contributed by atoms with Crippen LogP contribution in [0.5, 0.6) is 11.5 Å². The Hall–Kier alpha value is -7.08. The van der Waals surface area contributed by atoms with E-state index in [1.165, 1.54) is 21.9 Å². The Morgan fingerprint density at radius 3 is 1.74 bits per heavy atom. The lowest BCUT2D eigenvalue weighted by Gasteiger charge is -2.26. The lowest BCUT2D eigenvalue weighted by molar-refractivity contribution is -0.141. The highest BCUT2D eigenvalue weighted by atomic mass is 16.4. The molecule has 0 spiro atoms. The van der Waals surface area contributed by atoms with Crippen molar-refractivity contribution in [1.29, 1.82) is 0 Å². The van der Waals surface area contributed by atoms with Gasteiger partial charge in [0.15, 0.2) is 0 Å². The number of phenolic OH excluding ortho intramolecular Hbond substituents is 1. The normalized spacial score (nSPS) is 10.8. The van der Waals surface area contributed by atoms with Gasteiger partial charge in [-0.25, -0.2) is 9.59 Å². The summed E-state index contributed by atoms with van der Waals surface area (Å²) in [7, 11) is 0. The third-order valence-electron chi connectivity index (χ3n) is 9.51. The van der Waals surface area contributed by atoms with Gasteiger partial charge in [0.25, 0.3) is 0 Å². The number of benzene rings is 1. The van der Waals surface area contributed by atoms with Crippen molar-refractivity contribution in [3.63, 3.8) is 0 Å². The maximum atomic E-state index is 12.4. The average Bonchev–Trinajstić information content (AvgIpc) is 3.28. The van der Waals surface area contributed by atoms with Crippen molar-refractivity contribution in [1.82, 2.24) is 36.1 Å². The minimum atomic E-state index is -1.39. The highest BCUT2D eigenvalue weighted by Gasteiger charge is 2.22. The molecule has 0 bridgehead atoms. The Labute approximate surface area is 407 Å². The third-order valence-corrected chi connectivity index (χ3v) is 9.51. The Bertz CT molecular complexity index is 1970. The number of aromatic hydroxyl groups is 2. The van der Waals surface area contributed by atoms with Gasteiger partial charge in [0, 0.05) is 76.2 Å². The van der Waals surface area contributed by atoms with Crippen LogP contribution in [0.25, 0.3) is 0 Å². The summed E-state index contributed by atoms with van der Waals surface area (Å²) in [5.74, 6) is -7.46. The average molecular weight is 996 g/mol. The number of urea groups is 1. The summed E-state index contributed by atoms with van der Waals surface area (Å²) in [6, 6.07) is 5.31. The monoisotopic (exact) mass is 996 g/mol. The molecular formula is C46H73N7O17. The molecule has 0 aliphatic carbocycles. The Balaban J connectivity index is 0. The van der Waals surface area contributed by atoms with E-state index in [2.05, 4.69) is 22.5 Å². The number of hydrogen-bond acceptors (Lipinski definition) is 14. The number of pyridine rings is 1. The van der Waals surface area contributed by atoms with Crippen LogP contribution in [0.1, 0.15) is 115 Å². The quantitative estimate of drug-likeness (QED) is 0.0457. The van der Waals surface area contributed by atoms with Crippen molar-refractivity contribution < 1.29 is 84.0 Å². The zero-order valence-corrected chi connectivity index (χ0v) is 39.4. The van der Waals surface area contributed by atoms with E-state index in [0.717, 1.165) is 32.1 Å². The zero-order chi connectivity index (χ0) is 52.3. The number of aromatic nitrogens is 1. The van der Waals surface area contributed by atoms with Crippen LogP contribution < -0.4 is 21.3 Å². The summed E-state index contributed by atoms with van der Waals surface area (Å²) in [4.78, 5) is 108. The number of carbonyl (C=O) groups excluding carboxylic acids is 3. The van der Waals surface area contributed by atoms with Crippen LogP contribution >= 0.6 is 0 Å². The molecular weight excluding hydrogens is 923 g/mol. The first kappa shape index (κ1) is 65.0. The van der Waals surface area contributed by atoms with Crippen molar-refractivity contribution in [3.8, 4) is 11.5 Å². The Morgan fingerprint density at radius 1 is 0.614 bits per heavy atom. The molecule has 12 N–H and O–H groups in total. The van der Waals surface area contributed by atoms with Gasteiger partial charge in [-0.2, -0.15) is 0 Å². The molecule has 0 saturated carbocycles. The molecule has 24 nitrogen and oxygen atoms in total. The van der Waals surface area contributed by atoms with Crippen LogP contribution in [0.3, 0.4) is 0 Å². The van der Waals surface area contributed by atoms with Gasteiger partial charge in [0.2, 0.25) is 11.8 Å². The van der Waals surface area contributed by atoms with Gasteiger partial charge >= 0.3 is 41.8 Å². The maximum absolute atomic E-state index is 12.4. The van der Waals surface area contributed by atoms with Crippen molar-refractivity contribution in [3.05, 3.63) is 52.8 Å². The van der Waals surface area contributed by atoms with Gasteiger partial charge in [0.05, 0.1) is 18.8 Å². The minimum Gasteiger partial charge on any atom is -0.508 e. The fraction of sp³-hybridized carbons (Fsp3) is 0.565. The largest absolute Gasteiger partial charge is 0.508 e. The van der Waals surface area contributed by atoms with E-state index < -0.39 is 73.9 Å². The van der Waals surface area contributed by atoms with Gasteiger partial charge in [-0.15, -0.1) is 0 Å². The molecule has 0 fully saturated rings. The van der Waals surface area contributed by atoms with Gasteiger partial charge in [-0.1, -0.05) is 53.2 Å². The molecule has 2 aromatic rings. The molecule has 0 radical (unpaired) electrons. The number of rotatable bonds is 33. The van der Waals surface area contributed by atoms with Crippen LogP contribution in [-0.2, 0) is 64.3 Å². The van der Waals surface area contributed by atoms with Gasteiger partial charge in [-0.3, -0.25) is 48.3 Å². The second kappa shape index (κ2) is 37.8. The summed E-state index contributed by atoms with van der Waals surface area (Å²) in [6.07, 6.45) is 4.63. The number of carboxylic acid groups (broad SMARTS) is 6. The molecule has 1 aromatic carbocycles. The van der Waals surface area contributed by atoms with E-state index in [-0.39, 0.29) is 94.7 Å². The summed E-state index contributed by atoms with van der Waals surface area (Å²) < 4.78 is 0. The van der Waals surface area contributed by atoms with Crippen LogP contribution in [0, 0.1) is 0 Å². The number of carboxylic acids is 6.